The molecule has 0 bridgehead atoms. The number of nitrogens with two attached hydrogens (primary N) is 1. The van der Waals surface area contributed by atoms with Crippen molar-refractivity contribution in [2.75, 3.05) is 5.73 Å². The van der Waals surface area contributed by atoms with Crippen LogP contribution in [0.15, 0.2) is 34.8 Å². The van der Waals surface area contributed by atoms with Gasteiger partial charge in [-0.2, -0.15) is 4.39 Å². The molecular formula is C13H9BrF3NO. The van der Waals surface area contributed by atoms with Crippen LogP contribution in [0.1, 0.15) is 5.56 Å². The van der Waals surface area contributed by atoms with Crippen molar-refractivity contribution in [3.8, 4) is 5.75 Å². The van der Waals surface area contributed by atoms with E-state index in [4.69, 9.17) is 10.5 Å². The monoisotopic (exact) mass is 331 g/mol. The van der Waals surface area contributed by atoms with E-state index in [1.54, 1.807) is 6.07 Å². The minimum atomic E-state index is -1.08. The molecule has 0 spiro atoms. The molecule has 0 amide bonds. The van der Waals surface area contributed by atoms with Crippen LogP contribution in [-0.4, -0.2) is 0 Å². The van der Waals surface area contributed by atoms with Gasteiger partial charge in [0.15, 0.2) is 11.6 Å². The molecule has 0 fully saturated rings. The molecule has 0 saturated carbocycles. The van der Waals surface area contributed by atoms with Gasteiger partial charge in [-0.25, -0.2) is 8.78 Å². The van der Waals surface area contributed by atoms with Crippen LogP contribution >= 0.6 is 15.9 Å². The Bertz CT molecular complexity index is 619. The number of hydrogen-bond donors (Lipinski definition) is 1. The van der Waals surface area contributed by atoms with Gasteiger partial charge in [-0.05, 0) is 29.8 Å². The van der Waals surface area contributed by atoms with Crippen molar-refractivity contribution in [2.45, 2.75) is 6.61 Å². The summed E-state index contributed by atoms with van der Waals surface area (Å²) in [6.07, 6.45) is 0. The first-order valence-corrected chi connectivity index (χ1v) is 6.08. The lowest BCUT2D eigenvalue weighted by atomic mass is 10.2. The number of hydrogen-bond acceptors (Lipinski definition) is 2. The van der Waals surface area contributed by atoms with Crippen LogP contribution in [0.3, 0.4) is 0 Å². The zero-order valence-corrected chi connectivity index (χ0v) is 11.2. The van der Waals surface area contributed by atoms with E-state index in [0.29, 0.717) is 10.0 Å². The Kier molecular flexibility index (Phi) is 3.99. The highest BCUT2D eigenvalue weighted by molar-refractivity contribution is 9.10. The second kappa shape index (κ2) is 5.52. The summed E-state index contributed by atoms with van der Waals surface area (Å²) in [6.45, 7) is -0.0932. The third-order valence-corrected chi connectivity index (χ3v) is 2.88. The maximum absolute atomic E-state index is 13.4. The normalized spacial score (nSPS) is 10.5. The topological polar surface area (TPSA) is 35.2 Å². The lowest BCUT2D eigenvalue weighted by molar-refractivity contribution is 0.284. The van der Waals surface area contributed by atoms with E-state index >= 15 is 0 Å². The molecule has 0 unspecified atom stereocenters. The van der Waals surface area contributed by atoms with E-state index in [0.717, 1.165) is 6.07 Å². The van der Waals surface area contributed by atoms with Gasteiger partial charge in [0.1, 0.15) is 12.4 Å². The van der Waals surface area contributed by atoms with Crippen LogP contribution in [0.25, 0.3) is 0 Å². The predicted octanol–water partition coefficient (Wildman–Crippen LogP) is 4.03. The maximum atomic E-state index is 13.4. The molecular weight excluding hydrogens is 323 g/mol. The lowest BCUT2D eigenvalue weighted by Gasteiger charge is -2.09. The van der Waals surface area contributed by atoms with Crippen LogP contribution in [0, 0.1) is 17.5 Å². The fourth-order valence-corrected chi connectivity index (χ4v) is 1.87. The molecule has 0 aliphatic rings. The number of halogens is 4. The number of anilines is 1. The van der Waals surface area contributed by atoms with Crippen molar-refractivity contribution in [2.24, 2.45) is 0 Å². The Morgan fingerprint density at radius 3 is 2.47 bits per heavy atom. The predicted molar refractivity (Wildman–Crippen MR) is 69.2 cm³/mol. The summed E-state index contributed by atoms with van der Waals surface area (Å²) < 4.78 is 45.2. The molecule has 0 radical (unpaired) electrons. The first-order chi connectivity index (χ1) is 8.97. The maximum Gasteiger partial charge on any atom is 0.200 e. The molecule has 2 nitrogen and oxygen atoms in total. The Morgan fingerprint density at radius 2 is 1.79 bits per heavy atom. The van der Waals surface area contributed by atoms with Crippen LogP contribution in [0.5, 0.6) is 5.75 Å². The summed E-state index contributed by atoms with van der Waals surface area (Å²) in [5.41, 5.74) is 5.81. The Balaban J connectivity index is 2.16. The van der Waals surface area contributed by atoms with E-state index in [1.165, 1.54) is 18.2 Å². The second-order valence-corrected chi connectivity index (χ2v) is 4.76. The van der Waals surface area contributed by atoms with Gasteiger partial charge in [0.05, 0.1) is 5.69 Å². The van der Waals surface area contributed by atoms with Gasteiger partial charge in [0.25, 0.3) is 0 Å². The van der Waals surface area contributed by atoms with Crippen molar-refractivity contribution < 1.29 is 17.9 Å². The zero-order chi connectivity index (χ0) is 14.0. The molecule has 0 aliphatic carbocycles. The number of rotatable bonds is 3. The molecule has 0 saturated heterocycles. The Hall–Kier alpha value is -1.69. The van der Waals surface area contributed by atoms with Gasteiger partial charge < -0.3 is 10.5 Å². The Morgan fingerprint density at radius 1 is 1.05 bits per heavy atom. The molecule has 19 heavy (non-hydrogen) atoms. The van der Waals surface area contributed by atoms with Crippen LogP contribution in [0.2, 0.25) is 0 Å². The number of nitrogen functional groups attached to an aromatic ring is 1. The lowest BCUT2D eigenvalue weighted by Crippen LogP contribution is -2.00. The molecule has 2 aromatic carbocycles. The van der Waals surface area contributed by atoms with Crippen molar-refractivity contribution >= 4 is 21.6 Å². The van der Waals surface area contributed by atoms with E-state index in [9.17, 15) is 13.2 Å². The summed E-state index contributed by atoms with van der Waals surface area (Å²) in [4.78, 5) is 0. The molecule has 0 atom stereocenters. The van der Waals surface area contributed by atoms with Gasteiger partial charge in [-0.15, -0.1) is 0 Å². The third kappa shape index (κ3) is 3.20. The van der Waals surface area contributed by atoms with E-state index < -0.39 is 17.5 Å². The van der Waals surface area contributed by atoms with Gasteiger partial charge in [-0.1, -0.05) is 22.0 Å². The molecule has 0 aromatic heterocycles. The first kappa shape index (κ1) is 13.7. The van der Waals surface area contributed by atoms with Crippen LogP contribution in [0.4, 0.5) is 18.9 Å². The standard InChI is InChI=1S/C13H9BrF3NO/c14-8-4-10(16)13(17)12(5-8)19-6-7-1-2-11(18)9(15)3-7/h1-5H,6,18H2. The molecule has 6 heteroatoms. The summed E-state index contributed by atoms with van der Waals surface area (Å²) in [5, 5.41) is 0. The van der Waals surface area contributed by atoms with Gasteiger partial charge in [0, 0.05) is 4.47 Å². The molecule has 0 heterocycles. The SMILES string of the molecule is Nc1ccc(COc2cc(Br)cc(F)c2F)cc1F. The third-order valence-electron chi connectivity index (χ3n) is 2.42. The largest absolute Gasteiger partial charge is 0.486 e. The molecule has 2 N–H and O–H groups in total. The Labute approximate surface area is 116 Å². The minimum Gasteiger partial charge on any atom is -0.486 e. The van der Waals surface area contributed by atoms with Crippen LogP contribution in [-0.2, 0) is 6.61 Å². The summed E-state index contributed by atoms with van der Waals surface area (Å²) >= 11 is 3.03. The van der Waals surface area contributed by atoms with Gasteiger partial charge >= 0.3 is 0 Å². The minimum absolute atomic E-state index is 0.0171. The average Bonchev–Trinajstić information content (AvgIpc) is 2.36. The van der Waals surface area contributed by atoms with E-state index in [-0.39, 0.29) is 18.0 Å². The number of benzene rings is 2. The fraction of sp³-hybridized carbons (Fsp3) is 0.0769. The van der Waals surface area contributed by atoms with Crippen molar-refractivity contribution in [3.63, 3.8) is 0 Å². The summed E-state index contributed by atoms with van der Waals surface area (Å²) in [6, 6.07) is 6.40. The first-order valence-electron chi connectivity index (χ1n) is 5.28. The van der Waals surface area contributed by atoms with E-state index in [2.05, 4.69) is 15.9 Å². The van der Waals surface area contributed by atoms with Gasteiger partial charge in [-0.3, -0.25) is 0 Å². The van der Waals surface area contributed by atoms with Gasteiger partial charge in [0.2, 0.25) is 5.82 Å². The molecule has 0 aliphatic heterocycles. The fourth-order valence-electron chi connectivity index (χ4n) is 1.46. The van der Waals surface area contributed by atoms with Crippen molar-refractivity contribution in [3.05, 3.63) is 57.8 Å². The highest BCUT2D eigenvalue weighted by Crippen LogP contribution is 2.26. The van der Waals surface area contributed by atoms with E-state index in [1.807, 2.05) is 0 Å². The average molecular weight is 332 g/mol. The summed E-state index contributed by atoms with van der Waals surface area (Å²) in [5.74, 6) is -2.93. The second-order valence-electron chi connectivity index (χ2n) is 3.84. The quantitative estimate of drug-likeness (QED) is 0.680. The zero-order valence-electron chi connectivity index (χ0n) is 9.59. The molecule has 2 rings (SSSR count). The van der Waals surface area contributed by atoms with Crippen molar-refractivity contribution in [1.82, 2.24) is 0 Å². The highest BCUT2D eigenvalue weighted by Gasteiger charge is 2.11. The summed E-state index contributed by atoms with van der Waals surface area (Å²) in [7, 11) is 0. The smallest absolute Gasteiger partial charge is 0.200 e. The highest BCUT2D eigenvalue weighted by atomic mass is 79.9. The van der Waals surface area contributed by atoms with Crippen molar-refractivity contribution in [1.29, 1.82) is 0 Å². The molecule has 2 aromatic rings. The number of ether oxygens (including phenoxy) is 1. The molecule has 100 valence electrons. The van der Waals surface area contributed by atoms with Crippen LogP contribution < -0.4 is 10.5 Å².